The van der Waals surface area contributed by atoms with Crippen molar-refractivity contribution in [1.29, 1.82) is 0 Å². The highest BCUT2D eigenvalue weighted by molar-refractivity contribution is 9.13. The van der Waals surface area contributed by atoms with Gasteiger partial charge >= 0.3 is 0 Å². The van der Waals surface area contributed by atoms with Gasteiger partial charge in [0.25, 0.3) is 5.91 Å². The Morgan fingerprint density at radius 2 is 1.76 bits per heavy atom. The number of rotatable bonds is 3. The van der Waals surface area contributed by atoms with E-state index < -0.39 is 5.91 Å². The predicted molar refractivity (Wildman–Crippen MR) is 92.7 cm³/mol. The summed E-state index contributed by atoms with van der Waals surface area (Å²) in [6.07, 6.45) is 1.37. The van der Waals surface area contributed by atoms with Gasteiger partial charge in [0, 0.05) is 11.6 Å². The molecule has 5 nitrogen and oxygen atoms in total. The maximum Gasteiger partial charge on any atom is 0.271 e. The van der Waals surface area contributed by atoms with Crippen molar-refractivity contribution in [3.8, 4) is 5.75 Å². The number of nitrogens with one attached hydrogen (secondary N) is 1. The summed E-state index contributed by atoms with van der Waals surface area (Å²) in [5.41, 5.74) is 2.71. The van der Waals surface area contributed by atoms with Gasteiger partial charge in [0.1, 0.15) is 11.5 Å². The highest BCUT2D eigenvalue weighted by Gasteiger charge is 2.11. The van der Waals surface area contributed by atoms with Gasteiger partial charge in [-0.15, -0.1) is 0 Å². The second-order valence-corrected chi connectivity index (χ2v) is 7.04. The van der Waals surface area contributed by atoms with Gasteiger partial charge in [-0.3, -0.25) is 4.79 Å². The molecule has 2 aromatic rings. The fourth-order valence-electron chi connectivity index (χ4n) is 1.34. The standard InChI is InChI=1S/C12H6Br4N2O3/c13-7-1-5(2-8(14)10(7)19)12(20)18-17-4-6-3-9(15)11(16)21-6/h1-4,19H,(H,18,20)/b17-4-. The number of benzene rings is 1. The number of amides is 1. The molecule has 0 fully saturated rings. The van der Waals surface area contributed by atoms with E-state index >= 15 is 0 Å². The fraction of sp³-hybridized carbons (Fsp3) is 0. The van der Waals surface area contributed by atoms with E-state index in [0.717, 1.165) is 4.47 Å². The maximum absolute atomic E-state index is 11.9. The average Bonchev–Trinajstić information content (AvgIpc) is 2.74. The molecule has 1 heterocycles. The highest BCUT2D eigenvalue weighted by Crippen LogP contribution is 2.33. The molecule has 9 heteroatoms. The number of phenols is 1. The lowest BCUT2D eigenvalue weighted by molar-refractivity contribution is 0.0955. The van der Waals surface area contributed by atoms with Crippen molar-refractivity contribution in [2.75, 3.05) is 0 Å². The van der Waals surface area contributed by atoms with Crippen LogP contribution in [-0.2, 0) is 0 Å². The van der Waals surface area contributed by atoms with Crippen LogP contribution in [0.1, 0.15) is 16.1 Å². The summed E-state index contributed by atoms with van der Waals surface area (Å²) in [6, 6.07) is 4.68. The Kier molecular flexibility index (Phi) is 5.64. The lowest BCUT2D eigenvalue weighted by Crippen LogP contribution is -2.17. The van der Waals surface area contributed by atoms with E-state index in [4.69, 9.17) is 4.42 Å². The van der Waals surface area contributed by atoms with Crippen LogP contribution >= 0.6 is 63.7 Å². The third-order valence-electron chi connectivity index (χ3n) is 2.30. The number of nitrogens with zero attached hydrogens (tertiary/aromatic N) is 1. The van der Waals surface area contributed by atoms with Gasteiger partial charge in [0.15, 0.2) is 4.67 Å². The molecule has 0 spiro atoms. The van der Waals surface area contributed by atoms with Crippen molar-refractivity contribution < 1.29 is 14.3 Å². The van der Waals surface area contributed by atoms with E-state index in [9.17, 15) is 9.90 Å². The van der Waals surface area contributed by atoms with Crippen LogP contribution in [0.3, 0.4) is 0 Å². The number of furan rings is 1. The lowest BCUT2D eigenvalue weighted by atomic mass is 10.2. The Balaban J connectivity index is 2.08. The van der Waals surface area contributed by atoms with Crippen LogP contribution < -0.4 is 5.43 Å². The molecule has 0 atom stereocenters. The summed E-state index contributed by atoms with van der Waals surface area (Å²) < 4.78 is 7.39. The van der Waals surface area contributed by atoms with Crippen LogP contribution in [0.25, 0.3) is 0 Å². The molecule has 0 aliphatic rings. The zero-order valence-corrected chi connectivity index (χ0v) is 16.4. The number of hydrogen-bond acceptors (Lipinski definition) is 4. The normalized spacial score (nSPS) is 11.0. The van der Waals surface area contributed by atoms with Gasteiger partial charge in [-0.25, -0.2) is 5.43 Å². The van der Waals surface area contributed by atoms with Gasteiger partial charge in [-0.05, 0) is 75.9 Å². The number of carbonyl (C=O) groups excluding carboxylic acids is 1. The molecule has 0 saturated carbocycles. The van der Waals surface area contributed by atoms with Crippen molar-refractivity contribution in [3.63, 3.8) is 0 Å². The number of halogens is 4. The van der Waals surface area contributed by atoms with E-state index in [1.165, 1.54) is 18.3 Å². The van der Waals surface area contributed by atoms with Gasteiger partial charge in [-0.1, -0.05) is 0 Å². The first-order chi connectivity index (χ1) is 9.88. The Labute approximate surface area is 153 Å². The van der Waals surface area contributed by atoms with E-state index in [-0.39, 0.29) is 5.75 Å². The minimum Gasteiger partial charge on any atom is -0.506 e. The first kappa shape index (κ1) is 16.7. The minimum absolute atomic E-state index is 0.0281. The summed E-state index contributed by atoms with van der Waals surface area (Å²) in [5, 5.41) is 13.4. The first-order valence-corrected chi connectivity index (χ1v) is 8.52. The third-order valence-corrected chi connectivity index (χ3v) is 5.22. The topological polar surface area (TPSA) is 74.8 Å². The van der Waals surface area contributed by atoms with Gasteiger partial charge in [0.2, 0.25) is 0 Å². The van der Waals surface area contributed by atoms with Crippen LogP contribution in [-0.4, -0.2) is 17.2 Å². The maximum atomic E-state index is 11.9. The van der Waals surface area contributed by atoms with Gasteiger partial charge < -0.3 is 9.52 Å². The van der Waals surface area contributed by atoms with Gasteiger partial charge in [-0.2, -0.15) is 5.10 Å². The highest BCUT2D eigenvalue weighted by atomic mass is 79.9. The van der Waals surface area contributed by atoms with Crippen LogP contribution in [0.4, 0.5) is 0 Å². The Bertz CT molecular complexity index is 685. The zero-order valence-electron chi connectivity index (χ0n) is 10.0. The molecular formula is C12H6Br4N2O3. The lowest BCUT2D eigenvalue weighted by Gasteiger charge is -2.04. The van der Waals surface area contributed by atoms with Crippen LogP contribution in [0.5, 0.6) is 5.75 Å². The zero-order chi connectivity index (χ0) is 15.6. The summed E-state index contributed by atoms with van der Waals surface area (Å²) in [4.78, 5) is 11.9. The molecule has 0 unspecified atom stereocenters. The predicted octanol–water partition coefficient (Wildman–Crippen LogP) is 4.80. The molecule has 1 amide bonds. The minimum atomic E-state index is -0.419. The summed E-state index contributed by atoms with van der Waals surface area (Å²) in [6.45, 7) is 0. The Hall–Kier alpha value is -0.640. The largest absolute Gasteiger partial charge is 0.506 e. The fourth-order valence-corrected chi connectivity index (χ4v) is 3.14. The van der Waals surface area contributed by atoms with E-state index in [1.807, 2.05) is 0 Å². The molecule has 21 heavy (non-hydrogen) atoms. The number of carbonyl (C=O) groups is 1. The molecule has 0 saturated heterocycles. The first-order valence-electron chi connectivity index (χ1n) is 5.34. The molecule has 2 rings (SSSR count). The SMILES string of the molecule is O=C(N/N=C\c1cc(Br)c(Br)o1)c1cc(Br)c(O)c(Br)c1. The molecular weight excluding hydrogens is 540 g/mol. The third kappa shape index (κ3) is 4.18. The van der Waals surface area contributed by atoms with Crippen molar-refractivity contribution in [2.24, 2.45) is 5.10 Å². The second-order valence-electron chi connectivity index (χ2n) is 3.76. The van der Waals surface area contributed by atoms with E-state index in [1.54, 1.807) is 6.07 Å². The molecule has 0 bridgehead atoms. The van der Waals surface area contributed by atoms with Crippen molar-refractivity contribution in [1.82, 2.24) is 5.43 Å². The van der Waals surface area contributed by atoms with Crippen molar-refractivity contribution in [3.05, 3.63) is 47.6 Å². The van der Waals surface area contributed by atoms with Crippen LogP contribution in [0.2, 0.25) is 0 Å². The number of hydrogen-bond donors (Lipinski definition) is 2. The molecule has 110 valence electrons. The number of aromatic hydroxyl groups is 1. The summed E-state index contributed by atoms with van der Waals surface area (Å²) in [5.74, 6) is 0.0831. The molecule has 2 N–H and O–H groups in total. The molecule has 1 aromatic heterocycles. The quantitative estimate of drug-likeness (QED) is 0.430. The van der Waals surface area contributed by atoms with Crippen molar-refractivity contribution in [2.45, 2.75) is 0 Å². The van der Waals surface area contributed by atoms with Crippen LogP contribution in [0.15, 0.2) is 45.8 Å². The van der Waals surface area contributed by atoms with Gasteiger partial charge in [0.05, 0.1) is 19.6 Å². The van der Waals surface area contributed by atoms with Crippen LogP contribution in [0, 0.1) is 0 Å². The monoisotopic (exact) mass is 542 g/mol. The van der Waals surface area contributed by atoms with E-state index in [0.29, 0.717) is 24.9 Å². The summed E-state index contributed by atoms with van der Waals surface area (Å²) >= 11 is 12.8. The Morgan fingerprint density at radius 1 is 1.14 bits per heavy atom. The molecule has 0 aliphatic heterocycles. The molecule has 0 aliphatic carbocycles. The van der Waals surface area contributed by atoms with Crippen molar-refractivity contribution >= 4 is 75.8 Å². The number of phenolic OH excluding ortho intramolecular Hbond substituents is 1. The summed E-state index contributed by atoms with van der Waals surface area (Å²) in [7, 11) is 0. The second kappa shape index (κ2) is 7.08. The number of hydrazone groups is 1. The Morgan fingerprint density at radius 3 is 2.29 bits per heavy atom. The molecule has 1 aromatic carbocycles. The van der Waals surface area contributed by atoms with E-state index in [2.05, 4.69) is 74.2 Å². The smallest absolute Gasteiger partial charge is 0.271 e. The molecule has 0 radical (unpaired) electrons. The average molecular weight is 546 g/mol.